The third-order valence-corrected chi connectivity index (χ3v) is 15.6. The first-order valence-electron chi connectivity index (χ1n) is 26.3. The van der Waals surface area contributed by atoms with Crippen LogP contribution in [0.2, 0.25) is 0 Å². The maximum Gasteiger partial charge on any atom is 0.300 e. The van der Waals surface area contributed by atoms with Gasteiger partial charge in [0.2, 0.25) is 17.7 Å². The number of benzene rings is 3. The molecule has 1 aliphatic heterocycles. The molecular weight excluding hydrogens is 1060 g/mol. The third-order valence-electron chi connectivity index (χ3n) is 13.1. The van der Waals surface area contributed by atoms with E-state index in [1.807, 2.05) is 84.9 Å². The number of para-hydroxylation sites is 1. The number of aromatic amines is 1. The standard InChI is InChI=1S/C53H70N6O10S2.2C2H4O2/c1-32(61)45(29-60)58-53(69)40-27-49(66)50(33(2)62)59-51(67)36(17-11-12-20-54)24-46(63)37(23-38-28-56-43-19-10-9-18-41(38)43)25-48(65)44(22-35-15-7-4-8-16-35)57-52(68)39(30-70-71-31-40)26-47(64)42(55)21-34-13-5-3-6-14-34;2*1-2(3)4/h3-10,13-16,18-19,28,32-33,36-37,39-40,42,44-45,50,56,60-62H,11-12,17,20-27,29-31,54-55H2,1-2H3,(H,57,68)(H,58,69)(H,59,67);2*1H3,(H,3,4). The van der Waals surface area contributed by atoms with Gasteiger partial charge in [-0.1, -0.05) is 107 Å². The number of fused-ring (bicyclic) bond motifs is 1. The molecule has 432 valence electrons. The van der Waals surface area contributed by atoms with Crippen molar-refractivity contribution in [3.8, 4) is 0 Å². The van der Waals surface area contributed by atoms with E-state index in [4.69, 9.17) is 31.3 Å². The SMILES string of the molecule is CC(=O)O.CC(=O)O.CC(O)C(CO)NC(=O)C1CSSCC(CC(=O)C(N)Cc2ccccc2)C(=O)NC(Cc2ccccc2)C(=O)CC(Cc2c[nH]c3ccccc23)C(=O)CC(CCCCN)C(=O)NC(C(C)O)C(=O)C1. The van der Waals surface area contributed by atoms with Crippen LogP contribution in [0.3, 0.4) is 0 Å². The molecule has 0 radical (unpaired) electrons. The van der Waals surface area contributed by atoms with E-state index in [-0.39, 0.29) is 62.2 Å². The molecule has 0 saturated carbocycles. The zero-order valence-corrected chi connectivity index (χ0v) is 46.8. The first kappa shape index (κ1) is 67.0. The molecule has 0 bridgehead atoms. The molecule has 4 aromatic rings. The quantitative estimate of drug-likeness (QED) is 0.0499. The summed E-state index contributed by atoms with van der Waals surface area (Å²) in [4.78, 5) is 122. The van der Waals surface area contributed by atoms with Crippen molar-refractivity contribution in [3.05, 3.63) is 108 Å². The molecule has 0 aliphatic carbocycles. The number of carboxylic acid groups (broad SMARTS) is 2. The highest BCUT2D eigenvalue weighted by molar-refractivity contribution is 8.76. The second-order valence-electron chi connectivity index (χ2n) is 19.7. The van der Waals surface area contributed by atoms with Crippen LogP contribution in [0.5, 0.6) is 0 Å². The first-order valence-corrected chi connectivity index (χ1v) is 28.7. The Morgan fingerprint density at radius 3 is 1.87 bits per heavy atom. The van der Waals surface area contributed by atoms with Gasteiger partial charge in [0.05, 0.1) is 48.8 Å². The molecule has 13 N–H and O–H groups in total. The Balaban J connectivity index is 0.00000191. The lowest BCUT2D eigenvalue weighted by molar-refractivity contribution is -0.137. The number of nitrogens with one attached hydrogen (secondary N) is 4. The van der Waals surface area contributed by atoms with Gasteiger partial charge in [-0.25, -0.2) is 0 Å². The molecule has 20 nitrogen and oxygen atoms in total. The van der Waals surface area contributed by atoms with Crippen molar-refractivity contribution in [3.63, 3.8) is 0 Å². The van der Waals surface area contributed by atoms with Crippen molar-refractivity contribution in [2.45, 2.75) is 128 Å². The molecule has 1 aliphatic rings. The number of aliphatic hydroxyl groups excluding tert-OH is 3. The highest BCUT2D eigenvalue weighted by Gasteiger charge is 2.37. The number of Topliss-reactive ketones (excluding diaryl/α,β-unsaturated/α-hetero) is 4. The highest BCUT2D eigenvalue weighted by atomic mass is 33.1. The van der Waals surface area contributed by atoms with Crippen molar-refractivity contribution in [2.75, 3.05) is 24.7 Å². The number of aromatic nitrogens is 1. The highest BCUT2D eigenvalue weighted by Crippen LogP contribution is 2.31. The lowest BCUT2D eigenvalue weighted by Crippen LogP contribution is -2.52. The van der Waals surface area contributed by atoms with Gasteiger partial charge in [0.15, 0.2) is 17.3 Å². The molecule has 22 heteroatoms. The number of aliphatic hydroxyl groups is 3. The molecule has 2 heterocycles. The van der Waals surface area contributed by atoms with Gasteiger partial charge in [-0.2, -0.15) is 0 Å². The number of ketones is 4. The summed E-state index contributed by atoms with van der Waals surface area (Å²) in [6.45, 7) is 4.61. The van der Waals surface area contributed by atoms with Crippen LogP contribution in [-0.4, -0.2) is 144 Å². The lowest BCUT2D eigenvalue weighted by Gasteiger charge is -2.28. The summed E-state index contributed by atoms with van der Waals surface area (Å²) in [5.41, 5.74) is 15.5. The van der Waals surface area contributed by atoms with Gasteiger partial charge in [0, 0.05) is 80.0 Å². The first-order chi connectivity index (χ1) is 37.5. The number of aliphatic carboxylic acids is 2. The van der Waals surface area contributed by atoms with Crippen LogP contribution in [0.25, 0.3) is 10.9 Å². The maximum atomic E-state index is 14.9. The fourth-order valence-corrected chi connectivity index (χ4v) is 11.4. The number of unbranched alkanes of at least 4 members (excludes halogenated alkanes) is 1. The van der Waals surface area contributed by atoms with Crippen LogP contribution < -0.4 is 27.4 Å². The van der Waals surface area contributed by atoms with Crippen LogP contribution in [0.4, 0.5) is 0 Å². The fourth-order valence-electron chi connectivity index (χ4n) is 8.73. The van der Waals surface area contributed by atoms with Gasteiger partial charge >= 0.3 is 0 Å². The minimum Gasteiger partial charge on any atom is -0.481 e. The van der Waals surface area contributed by atoms with Crippen molar-refractivity contribution in [1.29, 1.82) is 0 Å². The molecule has 79 heavy (non-hydrogen) atoms. The minimum absolute atomic E-state index is 0.0152. The maximum absolute atomic E-state index is 14.9. The van der Waals surface area contributed by atoms with E-state index >= 15 is 0 Å². The number of amides is 3. The Hall–Kier alpha value is -6.27. The van der Waals surface area contributed by atoms with E-state index < -0.39 is 120 Å². The predicted molar refractivity (Wildman–Crippen MR) is 303 cm³/mol. The van der Waals surface area contributed by atoms with Crippen molar-refractivity contribution in [2.24, 2.45) is 35.1 Å². The number of carbonyl (C=O) groups is 9. The van der Waals surface area contributed by atoms with Gasteiger partial charge < -0.3 is 57.9 Å². The summed E-state index contributed by atoms with van der Waals surface area (Å²) < 4.78 is 0. The van der Waals surface area contributed by atoms with Crippen LogP contribution in [0.15, 0.2) is 91.1 Å². The average molecular weight is 1140 g/mol. The summed E-state index contributed by atoms with van der Waals surface area (Å²) in [6.07, 6.45) is -0.541. The van der Waals surface area contributed by atoms with Gasteiger partial charge in [0.25, 0.3) is 11.9 Å². The van der Waals surface area contributed by atoms with E-state index in [0.29, 0.717) is 19.4 Å². The summed E-state index contributed by atoms with van der Waals surface area (Å²) in [7, 11) is 2.31. The van der Waals surface area contributed by atoms with Crippen LogP contribution in [-0.2, 0) is 62.4 Å². The Kier molecular flexibility index (Phi) is 30.0. The monoisotopic (exact) mass is 1130 g/mol. The minimum atomic E-state index is -1.49. The molecule has 1 fully saturated rings. The third kappa shape index (κ3) is 24.3. The number of nitrogens with two attached hydrogens (primary N) is 2. The fraction of sp³-hybridized carbons (Fsp3) is 0.491. The average Bonchev–Trinajstić information content (AvgIpc) is 3.82. The zero-order valence-electron chi connectivity index (χ0n) is 45.2. The van der Waals surface area contributed by atoms with E-state index in [1.54, 1.807) is 6.20 Å². The van der Waals surface area contributed by atoms with Crippen LogP contribution in [0.1, 0.15) is 89.3 Å². The molecule has 10 atom stereocenters. The second-order valence-corrected chi connectivity index (χ2v) is 22.3. The number of hydrogen-bond donors (Lipinski definition) is 11. The van der Waals surface area contributed by atoms with E-state index in [9.17, 15) is 48.9 Å². The van der Waals surface area contributed by atoms with Gasteiger partial charge in [-0.15, -0.1) is 0 Å². The number of hydrogen-bond acceptors (Lipinski definition) is 16. The normalized spacial score (nSPS) is 21.5. The van der Waals surface area contributed by atoms with Crippen molar-refractivity contribution in [1.82, 2.24) is 20.9 Å². The van der Waals surface area contributed by atoms with Crippen LogP contribution >= 0.6 is 21.6 Å². The Morgan fingerprint density at radius 1 is 0.709 bits per heavy atom. The Morgan fingerprint density at radius 2 is 1.28 bits per heavy atom. The lowest BCUT2D eigenvalue weighted by atomic mass is 9.83. The molecule has 1 saturated heterocycles. The molecule has 5 rings (SSSR count). The molecular formula is C57H78N6O14S2. The summed E-state index contributed by atoms with van der Waals surface area (Å²) in [5.74, 6) is -9.63. The van der Waals surface area contributed by atoms with E-state index in [0.717, 1.165) is 63.0 Å². The van der Waals surface area contributed by atoms with Gasteiger partial charge in [-0.05, 0) is 75.3 Å². The Bertz CT molecular complexity index is 2580. The van der Waals surface area contributed by atoms with E-state index in [2.05, 4.69) is 20.9 Å². The number of H-pyrrole nitrogens is 1. The predicted octanol–water partition coefficient (Wildman–Crippen LogP) is 3.74. The number of carbonyl (C=O) groups excluding carboxylic acids is 7. The number of carboxylic acids is 2. The summed E-state index contributed by atoms with van der Waals surface area (Å²) in [5, 5.41) is 55.1. The summed E-state index contributed by atoms with van der Waals surface area (Å²) >= 11 is 0. The molecule has 3 amide bonds. The molecule has 1 aromatic heterocycles. The van der Waals surface area contributed by atoms with E-state index in [1.165, 1.54) is 13.8 Å². The number of rotatable bonds is 18. The van der Waals surface area contributed by atoms with Crippen molar-refractivity contribution < 1.29 is 68.7 Å². The van der Waals surface area contributed by atoms with Gasteiger partial charge in [0.1, 0.15) is 11.8 Å². The van der Waals surface area contributed by atoms with Crippen LogP contribution in [0, 0.1) is 23.7 Å². The zero-order chi connectivity index (χ0) is 58.6. The topological polar surface area (TPSA) is 359 Å². The molecule has 3 aromatic carbocycles. The molecule has 10 unspecified atom stereocenters. The summed E-state index contributed by atoms with van der Waals surface area (Å²) in [6, 6.07) is 21.2. The van der Waals surface area contributed by atoms with Gasteiger partial charge in [-0.3, -0.25) is 43.2 Å². The smallest absolute Gasteiger partial charge is 0.300 e. The largest absolute Gasteiger partial charge is 0.481 e. The second kappa shape index (κ2) is 35.4. The molecule has 0 spiro atoms. The van der Waals surface area contributed by atoms with Crippen molar-refractivity contribution >= 4 is 85.3 Å². The Labute approximate surface area is 468 Å².